The van der Waals surface area contributed by atoms with Gasteiger partial charge in [-0.15, -0.1) is 0 Å². The number of benzene rings is 1. The number of carbonyl (C=O) groups excluding carboxylic acids is 1. The molecule has 104 valence electrons. The van der Waals surface area contributed by atoms with Crippen LogP contribution in [0.15, 0.2) is 42.7 Å². The van der Waals surface area contributed by atoms with Crippen LogP contribution in [-0.4, -0.2) is 10.9 Å². The number of nitrogen functional groups attached to an aromatic ring is 1. The zero-order valence-corrected chi connectivity index (χ0v) is 11.6. The van der Waals surface area contributed by atoms with Crippen LogP contribution in [0.3, 0.4) is 0 Å². The number of pyridine rings is 1. The summed E-state index contributed by atoms with van der Waals surface area (Å²) in [6, 6.07) is 9.07. The number of rotatable bonds is 4. The lowest BCUT2D eigenvalue weighted by Gasteiger charge is -2.15. The zero-order chi connectivity index (χ0) is 14.5. The summed E-state index contributed by atoms with van der Waals surface area (Å²) in [6.45, 7) is 3.81. The molecule has 0 saturated heterocycles. The SMILES string of the molecule is Cc1cc(NN)ccc1C(=O)NC(C)c1cccnc1. The van der Waals surface area contributed by atoms with Crippen LogP contribution >= 0.6 is 0 Å². The van der Waals surface area contributed by atoms with E-state index in [1.165, 1.54) is 0 Å². The molecule has 0 bridgehead atoms. The lowest BCUT2D eigenvalue weighted by atomic mass is 10.1. The van der Waals surface area contributed by atoms with E-state index in [9.17, 15) is 4.79 Å². The molecule has 5 heteroatoms. The first-order chi connectivity index (χ1) is 9.61. The van der Waals surface area contributed by atoms with Crippen LogP contribution in [0.1, 0.15) is 34.5 Å². The van der Waals surface area contributed by atoms with Gasteiger partial charge in [0, 0.05) is 23.6 Å². The van der Waals surface area contributed by atoms with Gasteiger partial charge in [-0.2, -0.15) is 0 Å². The quantitative estimate of drug-likeness (QED) is 0.587. The minimum atomic E-state index is -0.109. The number of hydrogen-bond donors (Lipinski definition) is 3. The van der Waals surface area contributed by atoms with Gasteiger partial charge in [0.1, 0.15) is 0 Å². The summed E-state index contributed by atoms with van der Waals surface area (Å²) in [5.74, 6) is 5.24. The van der Waals surface area contributed by atoms with E-state index in [0.29, 0.717) is 5.56 Å². The summed E-state index contributed by atoms with van der Waals surface area (Å²) in [5, 5.41) is 2.96. The maximum absolute atomic E-state index is 12.3. The van der Waals surface area contributed by atoms with Crippen molar-refractivity contribution >= 4 is 11.6 Å². The minimum absolute atomic E-state index is 0.0945. The van der Waals surface area contributed by atoms with Crippen molar-refractivity contribution in [1.82, 2.24) is 10.3 Å². The third kappa shape index (κ3) is 3.13. The van der Waals surface area contributed by atoms with Crippen LogP contribution in [0.2, 0.25) is 0 Å². The van der Waals surface area contributed by atoms with Crippen molar-refractivity contribution in [1.29, 1.82) is 0 Å². The second-order valence-corrected chi connectivity index (χ2v) is 4.66. The predicted octanol–water partition coefficient (Wildman–Crippen LogP) is 2.17. The molecule has 0 aliphatic heterocycles. The molecular weight excluding hydrogens is 252 g/mol. The van der Waals surface area contributed by atoms with Gasteiger partial charge in [0.2, 0.25) is 0 Å². The maximum Gasteiger partial charge on any atom is 0.252 e. The van der Waals surface area contributed by atoms with E-state index < -0.39 is 0 Å². The Morgan fingerprint density at radius 3 is 2.75 bits per heavy atom. The number of hydrogen-bond acceptors (Lipinski definition) is 4. The van der Waals surface area contributed by atoms with Gasteiger partial charge in [-0.1, -0.05) is 6.07 Å². The topological polar surface area (TPSA) is 80.0 Å². The fourth-order valence-electron chi connectivity index (χ4n) is 2.00. The van der Waals surface area contributed by atoms with E-state index in [0.717, 1.165) is 16.8 Å². The van der Waals surface area contributed by atoms with Gasteiger partial charge in [0.05, 0.1) is 6.04 Å². The molecule has 2 rings (SSSR count). The Morgan fingerprint density at radius 1 is 1.35 bits per heavy atom. The van der Waals surface area contributed by atoms with Crippen molar-refractivity contribution in [3.63, 3.8) is 0 Å². The second kappa shape index (κ2) is 6.16. The molecule has 1 amide bonds. The molecule has 1 atom stereocenters. The Labute approximate surface area is 118 Å². The van der Waals surface area contributed by atoms with E-state index in [-0.39, 0.29) is 11.9 Å². The Kier molecular flexibility index (Phi) is 4.32. The number of amides is 1. The van der Waals surface area contributed by atoms with E-state index in [1.807, 2.05) is 32.0 Å². The summed E-state index contributed by atoms with van der Waals surface area (Å²) in [5.41, 5.74) is 5.82. The molecule has 0 aliphatic rings. The van der Waals surface area contributed by atoms with Gasteiger partial charge in [0.25, 0.3) is 5.91 Å². The van der Waals surface area contributed by atoms with Crippen LogP contribution in [0, 0.1) is 6.92 Å². The molecular formula is C15H18N4O. The molecule has 0 saturated carbocycles. The van der Waals surface area contributed by atoms with Crippen LogP contribution in [0.5, 0.6) is 0 Å². The third-order valence-electron chi connectivity index (χ3n) is 3.17. The smallest absolute Gasteiger partial charge is 0.252 e. The molecule has 1 aromatic carbocycles. The molecule has 0 aliphatic carbocycles. The van der Waals surface area contributed by atoms with E-state index in [1.54, 1.807) is 24.5 Å². The summed E-state index contributed by atoms with van der Waals surface area (Å²) in [6.07, 6.45) is 3.46. The maximum atomic E-state index is 12.3. The van der Waals surface area contributed by atoms with Gasteiger partial charge in [-0.3, -0.25) is 15.6 Å². The van der Waals surface area contributed by atoms with E-state index in [2.05, 4.69) is 15.7 Å². The van der Waals surface area contributed by atoms with E-state index >= 15 is 0 Å². The van der Waals surface area contributed by atoms with Crippen LogP contribution < -0.4 is 16.6 Å². The fraction of sp³-hybridized carbons (Fsp3) is 0.200. The number of nitrogens with zero attached hydrogens (tertiary/aromatic N) is 1. The van der Waals surface area contributed by atoms with E-state index in [4.69, 9.17) is 5.84 Å². The number of aryl methyl sites for hydroxylation is 1. The Hall–Kier alpha value is -2.40. The fourth-order valence-corrected chi connectivity index (χ4v) is 2.00. The highest BCUT2D eigenvalue weighted by atomic mass is 16.1. The van der Waals surface area contributed by atoms with Gasteiger partial charge in [0.15, 0.2) is 0 Å². The molecule has 0 spiro atoms. The first kappa shape index (κ1) is 14.0. The molecule has 1 unspecified atom stereocenters. The second-order valence-electron chi connectivity index (χ2n) is 4.66. The number of carbonyl (C=O) groups is 1. The normalized spacial score (nSPS) is 11.8. The molecule has 0 radical (unpaired) electrons. The van der Waals surface area contributed by atoms with Crippen molar-refractivity contribution in [3.05, 3.63) is 59.4 Å². The summed E-state index contributed by atoms with van der Waals surface area (Å²) in [7, 11) is 0. The Bertz CT molecular complexity index is 598. The van der Waals surface area contributed by atoms with Crippen LogP contribution in [0.25, 0.3) is 0 Å². The third-order valence-corrected chi connectivity index (χ3v) is 3.17. The highest BCUT2D eigenvalue weighted by molar-refractivity contribution is 5.96. The van der Waals surface area contributed by atoms with Gasteiger partial charge in [-0.25, -0.2) is 0 Å². The van der Waals surface area contributed by atoms with Crippen molar-refractivity contribution in [2.75, 3.05) is 5.43 Å². The average molecular weight is 270 g/mol. The average Bonchev–Trinajstić information content (AvgIpc) is 2.47. The van der Waals surface area contributed by atoms with Crippen molar-refractivity contribution in [3.8, 4) is 0 Å². The standard InChI is InChI=1S/C15H18N4O/c1-10-8-13(19-16)5-6-14(10)15(20)18-11(2)12-4-3-7-17-9-12/h3-9,11,19H,16H2,1-2H3,(H,18,20). The highest BCUT2D eigenvalue weighted by Crippen LogP contribution is 2.16. The first-order valence-corrected chi connectivity index (χ1v) is 6.40. The lowest BCUT2D eigenvalue weighted by molar-refractivity contribution is 0.0939. The monoisotopic (exact) mass is 270 g/mol. The van der Waals surface area contributed by atoms with Crippen molar-refractivity contribution in [2.24, 2.45) is 5.84 Å². The number of nitrogens with one attached hydrogen (secondary N) is 2. The van der Waals surface area contributed by atoms with Gasteiger partial charge >= 0.3 is 0 Å². The molecule has 20 heavy (non-hydrogen) atoms. The predicted molar refractivity (Wildman–Crippen MR) is 79.1 cm³/mol. The summed E-state index contributed by atoms with van der Waals surface area (Å²) >= 11 is 0. The number of nitrogens with two attached hydrogens (primary N) is 1. The number of hydrazine groups is 1. The summed E-state index contributed by atoms with van der Waals surface area (Å²) < 4.78 is 0. The molecule has 5 nitrogen and oxygen atoms in total. The zero-order valence-electron chi connectivity index (χ0n) is 11.6. The first-order valence-electron chi connectivity index (χ1n) is 6.40. The molecule has 1 heterocycles. The minimum Gasteiger partial charge on any atom is -0.345 e. The molecule has 2 aromatic rings. The van der Waals surface area contributed by atoms with Gasteiger partial charge in [-0.05, 0) is 49.2 Å². The van der Waals surface area contributed by atoms with Crippen molar-refractivity contribution in [2.45, 2.75) is 19.9 Å². The molecule has 0 fully saturated rings. The number of aromatic nitrogens is 1. The molecule has 1 aromatic heterocycles. The molecule has 4 N–H and O–H groups in total. The summed E-state index contributed by atoms with van der Waals surface area (Å²) in [4.78, 5) is 16.3. The van der Waals surface area contributed by atoms with Crippen molar-refractivity contribution < 1.29 is 4.79 Å². The lowest BCUT2D eigenvalue weighted by Crippen LogP contribution is -2.27. The van der Waals surface area contributed by atoms with Gasteiger partial charge < -0.3 is 10.7 Å². The Morgan fingerprint density at radius 2 is 2.15 bits per heavy atom. The Balaban J connectivity index is 2.12. The van der Waals surface area contributed by atoms with Crippen LogP contribution in [-0.2, 0) is 0 Å². The van der Waals surface area contributed by atoms with Crippen LogP contribution in [0.4, 0.5) is 5.69 Å². The largest absolute Gasteiger partial charge is 0.345 e. The highest BCUT2D eigenvalue weighted by Gasteiger charge is 2.13. The number of anilines is 1.